The molecule has 0 saturated heterocycles. The smallest absolute Gasteiger partial charge is 0.329 e. The highest BCUT2D eigenvalue weighted by Crippen LogP contribution is 2.27. The van der Waals surface area contributed by atoms with Gasteiger partial charge in [0.15, 0.2) is 4.34 Å². The van der Waals surface area contributed by atoms with E-state index in [1.165, 1.54) is 23.0 Å². The van der Waals surface area contributed by atoms with E-state index < -0.39 is 4.92 Å². The summed E-state index contributed by atoms with van der Waals surface area (Å²) in [6, 6.07) is 7.46. The zero-order chi connectivity index (χ0) is 15.9. The lowest BCUT2D eigenvalue weighted by Gasteiger charge is -2.02. The number of benzene rings is 1. The lowest BCUT2D eigenvalue weighted by Crippen LogP contribution is -1.89. The van der Waals surface area contributed by atoms with E-state index in [4.69, 9.17) is 11.6 Å². The molecule has 0 aliphatic heterocycles. The van der Waals surface area contributed by atoms with Gasteiger partial charge in [-0.05, 0) is 23.5 Å². The van der Waals surface area contributed by atoms with Gasteiger partial charge in [0.25, 0.3) is 0 Å². The number of nitrogens with zero attached hydrogens (tertiary/aromatic N) is 4. The fraction of sp³-hybridized carbons (Fsp3) is 0. The average Bonchev–Trinajstić information content (AvgIpc) is 3.14. The van der Waals surface area contributed by atoms with E-state index in [9.17, 15) is 10.1 Å². The summed E-state index contributed by atoms with van der Waals surface area (Å²) in [5, 5.41) is 22.0. The first-order chi connectivity index (χ1) is 10.6. The van der Waals surface area contributed by atoms with E-state index in [-0.39, 0.29) is 5.00 Å². The van der Waals surface area contributed by atoms with E-state index in [0.29, 0.717) is 14.5 Å². The van der Waals surface area contributed by atoms with Crippen molar-refractivity contribution in [1.29, 1.82) is 0 Å². The van der Waals surface area contributed by atoms with Gasteiger partial charge in [-0.15, -0.1) is 22.8 Å². The second-order valence-electron chi connectivity index (χ2n) is 3.59. The molecule has 0 aliphatic rings. The van der Waals surface area contributed by atoms with Crippen molar-refractivity contribution in [3.8, 4) is 0 Å². The highest BCUT2D eigenvalue weighted by atomic mass is 35.5. The highest BCUT2D eigenvalue weighted by molar-refractivity contribution is 7.82. The van der Waals surface area contributed by atoms with Crippen molar-refractivity contribution < 1.29 is 4.92 Å². The number of hydrogen-bond acceptors (Lipinski definition) is 9. The summed E-state index contributed by atoms with van der Waals surface area (Å²) in [4.78, 5) is 12.9. The first-order valence-corrected chi connectivity index (χ1v) is 8.15. The van der Waals surface area contributed by atoms with E-state index in [1.807, 2.05) is 24.3 Å². The van der Waals surface area contributed by atoms with Crippen molar-refractivity contribution in [2.75, 3.05) is 5.32 Å². The number of thiazole rings is 1. The summed E-state index contributed by atoms with van der Waals surface area (Å²) in [5.41, 5.74) is 2.25. The van der Waals surface area contributed by atoms with Crippen LogP contribution in [0.4, 0.5) is 15.8 Å². The lowest BCUT2D eigenvalue weighted by atomic mass is 10.3. The van der Waals surface area contributed by atoms with Gasteiger partial charge in [0.05, 0.1) is 21.1 Å². The molecule has 1 N–H and O–H groups in total. The number of para-hydroxylation sites is 1. The second kappa shape index (κ2) is 8.03. The van der Waals surface area contributed by atoms with Gasteiger partial charge in [-0.2, -0.15) is 0 Å². The van der Waals surface area contributed by atoms with Gasteiger partial charge in [0, 0.05) is 0 Å². The van der Waals surface area contributed by atoms with Crippen LogP contribution >= 0.6 is 46.9 Å². The molecule has 3 rings (SSSR count). The van der Waals surface area contributed by atoms with E-state index >= 15 is 0 Å². The molecule has 0 aliphatic carbocycles. The lowest BCUT2D eigenvalue weighted by molar-refractivity contribution is -0.380. The molecule has 0 amide bonds. The third kappa shape index (κ3) is 4.91. The molecule has 22 heavy (non-hydrogen) atoms. The fourth-order valence-corrected chi connectivity index (χ4v) is 2.66. The molecule has 0 bridgehead atoms. The molecule has 7 nitrogen and oxygen atoms in total. The maximum absolute atomic E-state index is 9.84. The second-order valence-corrected chi connectivity index (χ2v) is 6.57. The Bertz CT molecular complexity index is 750. The molecule has 0 radical (unpaired) electrons. The van der Waals surface area contributed by atoms with Crippen LogP contribution in [0.2, 0.25) is 5.02 Å². The third-order valence-electron chi connectivity index (χ3n) is 2.13. The third-order valence-corrected chi connectivity index (χ3v) is 4.19. The van der Waals surface area contributed by atoms with Crippen LogP contribution in [0.5, 0.6) is 0 Å². The quantitative estimate of drug-likeness (QED) is 0.404. The molecule has 11 heteroatoms. The van der Waals surface area contributed by atoms with Crippen molar-refractivity contribution in [1.82, 2.24) is 15.2 Å². The molecule has 0 atom stereocenters. The summed E-state index contributed by atoms with van der Waals surface area (Å²) < 4.78 is 0.625. The first-order valence-electron chi connectivity index (χ1n) is 5.63. The van der Waals surface area contributed by atoms with Crippen molar-refractivity contribution in [2.45, 2.75) is 4.34 Å². The Morgan fingerprint density at radius 2 is 2.09 bits per heavy atom. The maximum atomic E-state index is 9.84. The van der Waals surface area contributed by atoms with Gasteiger partial charge in [0.2, 0.25) is 5.13 Å². The van der Waals surface area contributed by atoms with Crippen molar-refractivity contribution in [3.05, 3.63) is 51.1 Å². The van der Waals surface area contributed by atoms with Crippen LogP contribution < -0.4 is 5.32 Å². The molecule has 1 aromatic carbocycles. The van der Waals surface area contributed by atoms with Gasteiger partial charge < -0.3 is 5.32 Å². The number of hydrogen-bond donors (Lipinski definition) is 2. The largest absolute Gasteiger partial charge is 0.343 e. The van der Waals surface area contributed by atoms with E-state index in [0.717, 1.165) is 17.0 Å². The van der Waals surface area contributed by atoms with Crippen LogP contribution in [0.15, 0.2) is 40.3 Å². The minimum atomic E-state index is -0.461. The van der Waals surface area contributed by atoms with Crippen LogP contribution in [-0.4, -0.2) is 20.1 Å². The molecule has 0 saturated carbocycles. The Morgan fingerprint density at radius 3 is 2.59 bits per heavy atom. The van der Waals surface area contributed by atoms with Crippen molar-refractivity contribution in [2.24, 2.45) is 0 Å². The number of nitro groups is 1. The summed E-state index contributed by atoms with van der Waals surface area (Å²) in [6.45, 7) is 0. The van der Waals surface area contributed by atoms with Crippen LogP contribution in [0.1, 0.15) is 0 Å². The molecule has 0 fully saturated rings. The Kier molecular flexibility index (Phi) is 6.07. The molecule has 0 unspecified atom stereocenters. The fourth-order valence-electron chi connectivity index (χ4n) is 1.24. The SMILES string of the molecule is O=[N+]([O-])c1cncs1.Sc1nnc(Nc2ccccc2Cl)s1. The summed E-state index contributed by atoms with van der Waals surface area (Å²) >= 11 is 12.4. The molecule has 2 aromatic heterocycles. The monoisotopic (exact) mass is 373 g/mol. The van der Waals surface area contributed by atoms with Crippen LogP contribution in [0.25, 0.3) is 0 Å². The van der Waals surface area contributed by atoms with Crippen LogP contribution in [0.3, 0.4) is 0 Å². The Morgan fingerprint density at radius 1 is 1.32 bits per heavy atom. The number of thiol groups is 1. The zero-order valence-electron chi connectivity index (χ0n) is 10.7. The molecule has 0 spiro atoms. The molecule has 114 valence electrons. The normalized spacial score (nSPS) is 9.73. The Balaban J connectivity index is 0.000000188. The standard InChI is InChI=1S/C8H6ClN3S2.C3H2N2O2S/c9-5-3-1-2-4-6(5)10-7-11-12-8(13)14-7;6-5(7)3-1-4-2-8-3/h1-4H,(H,10,11)(H,12,13);1-2H. The maximum Gasteiger partial charge on any atom is 0.343 e. The molecular weight excluding hydrogens is 366 g/mol. The zero-order valence-corrected chi connectivity index (χ0v) is 14.0. The number of rotatable bonds is 3. The van der Waals surface area contributed by atoms with E-state index in [2.05, 4.69) is 33.1 Å². The summed E-state index contributed by atoms with van der Waals surface area (Å²) in [7, 11) is 0. The molecular formula is C11H8ClN5O2S3. The van der Waals surface area contributed by atoms with Gasteiger partial charge in [-0.25, -0.2) is 4.98 Å². The van der Waals surface area contributed by atoms with Gasteiger partial charge in [-0.1, -0.05) is 35.1 Å². The molecule has 3 aromatic rings. The minimum Gasteiger partial charge on any atom is -0.329 e. The van der Waals surface area contributed by atoms with Crippen LogP contribution in [-0.2, 0) is 0 Å². The molecule has 2 heterocycles. The minimum absolute atomic E-state index is 0.0880. The summed E-state index contributed by atoms with van der Waals surface area (Å²) in [5.74, 6) is 0. The van der Waals surface area contributed by atoms with Gasteiger partial charge >= 0.3 is 5.00 Å². The number of halogens is 1. The predicted molar refractivity (Wildman–Crippen MR) is 90.7 cm³/mol. The first kappa shape index (κ1) is 16.6. The highest BCUT2D eigenvalue weighted by Gasteiger charge is 2.04. The Hall–Kier alpha value is -1.75. The van der Waals surface area contributed by atoms with Crippen LogP contribution in [0, 0.1) is 10.1 Å². The number of anilines is 2. The topological polar surface area (TPSA) is 93.8 Å². The van der Waals surface area contributed by atoms with Gasteiger partial charge in [0.1, 0.15) is 6.20 Å². The van der Waals surface area contributed by atoms with Gasteiger partial charge in [-0.3, -0.25) is 10.1 Å². The van der Waals surface area contributed by atoms with Crippen molar-refractivity contribution in [3.63, 3.8) is 0 Å². The Labute approximate surface area is 143 Å². The average molecular weight is 374 g/mol. The predicted octanol–water partition coefficient (Wildman–Crippen LogP) is 4.28. The number of nitrogens with one attached hydrogen (secondary N) is 1. The number of aromatic nitrogens is 3. The van der Waals surface area contributed by atoms with Crippen molar-refractivity contribution >= 4 is 62.7 Å². The summed E-state index contributed by atoms with van der Waals surface area (Å²) in [6.07, 6.45) is 1.23. The van der Waals surface area contributed by atoms with E-state index in [1.54, 1.807) is 0 Å².